The van der Waals surface area contributed by atoms with Crippen LogP contribution >= 0.6 is 35.0 Å². The molecule has 1 N–H and O–H groups in total. The first-order valence-electron chi connectivity index (χ1n) is 7.32. The Morgan fingerprint density at radius 3 is 2.71 bits per heavy atom. The summed E-state index contributed by atoms with van der Waals surface area (Å²) in [5, 5.41) is 5.34. The number of hydrogen-bond donors (Lipinski definition) is 1. The van der Waals surface area contributed by atoms with Crippen LogP contribution in [0.3, 0.4) is 0 Å². The minimum absolute atomic E-state index is 0.225. The van der Waals surface area contributed by atoms with Gasteiger partial charge in [0.15, 0.2) is 5.16 Å². The molecule has 1 aromatic carbocycles. The molecule has 0 saturated heterocycles. The van der Waals surface area contributed by atoms with Crippen molar-refractivity contribution < 1.29 is 4.74 Å². The number of benzene rings is 1. The Bertz CT molecular complexity index is 762. The van der Waals surface area contributed by atoms with Crippen LogP contribution in [0.4, 0.5) is 5.69 Å². The van der Waals surface area contributed by atoms with E-state index in [-0.39, 0.29) is 16.4 Å². The van der Waals surface area contributed by atoms with Crippen LogP contribution in [0.25, 0.3) is 0 Å². The smallest absolute Gasteiger partial charge is 0.190 e. The summed E-state index contributed by atoms with van der Waals surface area (Å²) in [6, 6.07) is 6.11. The van der Waals surface area contributed by atoms with Gasteiger partial charge in [-0.15, -0.1) is 0 Å². The Hall–Kier alpha value is -1.34. The molecule has 1 aromatic heterocycles. The fourth-order valence-electron chi connectivity index (χ4n) is 2.65. The number of ether oxygens (including phenoxy) is 1. The molecule has 0 bridgehead atoms. The molecule has 0 amide bonds. The molecule has 0 radical (unpaired) electrons. The van der Waals surface area contributed by atoms with Crippen LogP contribution in [0.15, 0.2) is 28.5 Å². The van der Waals surface area contributed by atoms with Crippen LogP contribution < -0.4 is 5.43 Å². The maximum absolute atomic E-state index is 6.14. The number of rotatable bonds is 5. The van der Waals surface area contributed by atoms with E-state index in [1.807, 2.05) is 18.4 Å². The molecule has 2 aromatic rings. The van der Waals surface area contributed by atoms with Gasteiger partial charge in [-0.3, -0.25) is 5.43 Å². The standard InChI is InChI=1S/C16H16Cl2N4OS/c1-23-10-6-9-4-3-5-13(11(9)7-10)22-19-8-12-14(17)20-16(24-2)21-15(12)18/h3-5,8,10,22H,6-7H2,1-2H3/b19-8+. The first-order chi connectivity index (χ1) is 11.6. The molecule has 24 heavy (non-hydrogen) atoms. The zero-order valence-electron chi connectivity index (χ0n) is 13.2. The topological polar surface area (TPSA) is 59.4 Å². The van der Waals surface area contributed by atoms with Crippen molar-refractivity contribution in [3.05, 3.63) is 45.2 Å². The predicted octanol–water partition coefficient (Wildman–Crippen LogP) is 4.06. The van der Waals surface area contributed by atoms with Crippen molar-refractivity contribution in [2.75, 3.05) is 18.8 Å². The maximum atomic E-state index is 6.14. The largest absolute Gasteiger partial charge is 0.381 e. The zero-order valence-corrected chi connectivity index (χ0v) is 15.5. The Morgan fingerprint density at radius 2 is 2.04 bits per heavy atom. The van der Waals surface area contributed by atoms with Crippen LogP contribution in [0.2, 0.25) is 10.3 Å². The lowest BCUT2D eigenvalue weighted by Gasteiger charge is -2.08. The minimum atomic E-state index is 0.225. The number of aromatic nitrogens is 2. The summed E-state index contributed by atoms with van der Waals surface area (Å²) in [6.45, 7) is 0. The van der Waals surface area contributed by atoms with Crippen molar-refractivity contribution in [2.45, 2.75) is 24.1 Å². The Labute approximate surface area is 154 Å². The molecule has 3 rings (SSSR count). The van der Waals surface area contributed by atoms with Crippen LogP contribution in [0.1, 0.15) is 16.7 Å². The van der Waals surface area contributed by atoms with Gasteiger partial charge in [0.25, 0.3) is 0 Å². The normalized spacial score (nSPS) is 16.6. The van der Waals surface area contributed by atoms with E-state index in [1.165, 1.54) is 29.1 Å². The summed E-state index contributed by atoms with van der Waals surface area (Å²) >= 11 is 13.7. The van der Waals surface area contributed by atoms with Crippen molar-refractivity contribution >= 4 is 46.9 Å². The second-order valence-electron chi connectivity index (χ2n) is 5.28. The number of hydrogen-bond acceptors (Lipinski definition) is 6. The summed E-state index contributed by atoms with van der Waals surface area (Å²) in [5.74, 6) is 0. The predicted molar refractivity (Wildman–Crippen MR) is 99.7 cm³/mol. The van der Waals surface area contributed by atoms with Gasteiger partial charge in [0.05, 0.1) is 23.6 Å². The first kappa shape index (κ1) is 17.5. The molecule has 0 aliphatic heterocycles. The van der Waals surface area contributed by atoms with E-state index in [9.17, 15) is 0 Å². The monoisotopic (exact) mass is 382 g/mol. The van der Waals surface area contributed by atoms with Gasteiger partial charge in [-0.05, 0) is 29.9 Å². The van der Waals surface area contributed by atoms with Crippen LogP contribution in [-0.2, 0) is 17.6 Å². The summed E-state index contributed by atoms with van der Waals surface area (Å²) in [4.78, 5) is 8.31. The van der Waals surface area contributed by atoms with E-state index in [1.54, 1.807) is 7.11 Å². The number of halogens is 2. The van der Waals surface area contributed by atoms with Crippen molar-refractivity contribution in [3.63, 3.8) is 0 Å². The van der Waals surface area contributed by atoms with Gasteiger partial charge < -0.3 is 4.74 Å². The SMILES string of the molecule is COC1Cc2cccc(N/N=C/c3c(Cl)nc(SC)nc3Cl)c2C1. The Morgan fingerprint density at radius 1 is 1.29 bits per heavy atom. The Kier molecular flexibility index (Phi) is 5.61. The van der Waals surface area contributed by atoms with Crippen molar-refractivity contribution in [3.8, 4) is 0 Å². The molecule has 8 heteroatoms. The summed E-state index contributed by atoms with van der Waals surface area (Å²) < 4.78 is 5.46. The fourth-order valence-corrected chi connectivity index (χ4v) is 3.60. The number of nitrogens with zero attached hydrogens (tertiary/aromatic N) is 3. The van der Waals surface area contributed by atoms with Crippen LogP contribution in [0, 0.1) is 0 Å². The zero-order chi connectivity index (χ0) is 17.1. The quantitative estimate of drug-likeness (QED) is 0.277. The molecule has 5 nitrogen and oxygen atoms in total. The molecule has 0 fully saturated rings. The number of anilines is 1. The summed E-state index contributed by atoms with van der Waals surface area (Å²) in [5.41, 5.74) is 7.02. The van der Waals surface area contributed by atoms with E-state index in [4.69, 9.17) is 27.9 Å². The average Bonchev–Trinajstić information content (AvgIpc) is 3.01. The lowest BCUT2D eigenvalue weighted by atomic mass is 10.1. The molecule has 0 spiro atoms. The molecule has 1 unspecified atom stereocenters. The first-order valence-corrected chi connectivity index (χ1v) is 9.30. The van der Waals surface area contributed by atoms with Crippen molar-refractivity contribution in [1.82, 2.24) is 9.97 Å². The number of fused-ring (bicyclic) bond motifs is 1. The third-order valence-corrected chi connectivity index (χ3v) is 5.00. The number of nitrogens with one attached hydrogen (secondary N) is 1. The van der Waals surface area contributed by atoms with Crippen molar-refractivity contribution in [1.29, 1.82) is 0 Å². The lowest BCUT2D eigenvalue weighted by molar-refractivity contribution is 0.112. The molecule has 0 saturated carbocycles. The Balaban J connectivity index is 1.78. The maximum Gasteiger partial charge on any atom is 0.190 e. The van der Waals surface area contributed by atoms with Gasteiger partial charge in [-0.25, -0.2) is 9.97 Å². The number of methoxy groups -OCH3 is 1. The molecule has 1 atom stereocenters. The molecule has 1 aliphatic carbocycles. The van der Waals surface area contributed by atoms with E-state index in [0.717, 1.165) is 18.5 Å². The van der Waals surface area contributed by atoms with E-state index < -0.39 is 0 Å². The van der Waals surface area contributed by atoms with E-state index >= 15 is 0 Å². The second-order valence-corrected chi connectivity index (χ2v) is 6.77. The van der Waals surface area contributed by atoms with Gasteiger partial charge >= 0.3 is 0 Å². The van der Waals surface area contributed by atoms with Crippen LogP contribution in [-0.4, -0.2) is 35.7 Å². The van der Waals surface area contributed by atoms with Crippen LogP contribution in [0.5, 0.6) is 0 Å². The summed E-state index contributed by atoms with van der Waals surface area (Å²) in [7, 11) is 1.74. The van der Waals surface area contributed by atoms with Gasteiger partial charge in [0, 0.05) is 13.5 Å². The molecule has 1 heterocycles. The average molecular weight is 383 g/mol. The highest BCUT2D eigenvalue weighted by atomic mass is 35.5. The van der Waals surface area contributed by atoms with Crippen molar-refractivity contribution in [2.24, 2.45) is 5.10 Å². The van der Waals surface area contributed by atoms with Gasteiger partial charge in [0.2, 0.25) is 0 Å². The van der Waals surface area contributed by atoms with Gasteiger partial charge in [-0.2, -0.15) is 5.10 Å². The summed E-state index contributed by atoms with van der Waals surface area (Å²) in [6.07, 6.45) is 5.42. The fraction of sp³-hybridized carbons (Fsp3) is 0.312. The third kappa shape index (κ3) is 3.67. The lowest BCUT2D eigenvalue weighted by Crippen LogP contribution is -2.09. The molecule has 1 aliphatic rings. The second kappa shape index (κ2) is 7.70. The highest BCUT2D eigenvalue weighted by Crippen LogP contribution is 2.30. The van der Waals surface area contributed by atoms with E-state index in [2.05, 4.69) is 26.6 Å². The number of hydrazone groups is 1. The highest BCUT2D eigenvalue weighted by molar-refractivity contribution is 7.98. The minimum Gasteiger partial charge on any atom is -0.381 e. The highest BCUT2D eigenvalue weighted by Gasteiger charge is 2.23. The third-order valence-electron chi connectivity index (χ3n) is 3.88. The van der Waals surface area contributed by atoms with Gasteiger partial charge in [0.1, 0.15) is 10.3 Å². The number of thioether (sulfide) groups is 1. The molecule has 126 valence electrons. The van der Waals surface area contributed by atoms with Gasteiger partial charge in [-0.1, -0.05) is 47.1 Å². The molecular weight excluding hydrogens is 367 g/mol. The molecular formula is C16H16Cl2N4OS. The van der Waals surface area contributed by atoms with E-state index in [0.29, 0.717) is 10.7 Å².